The maximum absolute atomic E-state index is 13.5. The van der Waals surface area contributed by atoms with Crippen LogP contribution in [-0.4, -0.2) is 24.0 Å². The summed E-state index contributed by atoms with van der Waals surface area (Å²) in [5.74, 6) is 0.647. The predicted molar refractivity (Wildman–Crippen MR) is 77.4 cm³/mol. The van der Waals surface area contributed by atoms with Crippen molar-refractivity contribution in [1.29, 1.82) is 0 Å². The van der Waals surface area contributed by atoms with Crippen LogP contribution in [0.25, 0.3) is 0 Å². The Morgan fingerprint density at radius 2 is 2.11 bits per heavy atom. The van der Waals surface area contributed by atoms with Gasteiger partial charge in [0, 0.05) is 18.6 Å². The fourth-order valence-electron chi connectivity index (χ4n) is 2.71. The summed E-state index contributed by atoms with van der Waals surface area (Å²) in [4.78, 5) is 2.42. The van der Waals surface area contributed by atoms with E-state index in [-0.39, 0.29) is 17.9 Å². The molecular formula is C16H25FN2. The summed E-state index contributed by atoms with van der Waals surface area (Å²) in [7, 11) is 0. The minimum absolute atomic E-state index is 0.0560. The van der Waals surface area contributed by atoms with E-state index >= 15 is 0 Å². The SMILES string of the molecule is CCC(N)C(c1cccc(F)c1)N(CC)CC1CC1. The molecule has 0 bridgehead atoms. The molecule has 1 aliphatic rings. The van der Waals surface area contributed by atoms with Crippen molar-refractivity contribution in [3.05, 3.63) is 35.6 Å². The molecule has 1 aromatic carbocycles. The Hall–Kier alpha value is -0.930. The van der Waals surface area contributed by atoms with E-state index in [4.69, 9.17) is 5.73 Å². The average Bonchev–Trinajstić information content (AvgIpc) is 3.21. The smallest absolute Gasteiger partial charge is 0.123 e. The number of halogens is 1. The second-order valence-electron chi connectivity index (χ2n) is 5.60. The summed E-state index contributed by atoms with van der Waals surface area (Å²) in [6, 6.07) is 7.10. The molecule has 0 heterocycles. The van der Waals surface area contributed by atoms with Crippen LogP contribution in [0, 0.1) is 11.7 Å². The van der Waals surface area contributed by atoms with E-state index in [1.165, 1.54) is 18.9 Å². The standard InChI is InChI=1S/C16H25FN2/c1-3-15(18)16(13-6-5-7-14(17)10-13)19(4-2)11-12-8-9-12/h5-7,10,12,15-16H,3-4,8-9,11,18H2,1-2H3. The van der Waals surface area contributed by atoms with Crippen LogP contribution in [0.3, 0.4) is 0 Å². The Balaban J connectivity index is 2.22. The lowest BCUT2D eigenvalue weighted by Crippen LogP contribution is -2.41. The number of benzene rings is 1. The zero-order valence-corrected chi connectivity index (χ0v) is 12.0. The second kappa shape index (κ2) is 6.49. The molecule has 2 unspecified atom stereocenters. The van der Waals surface area contributed by atoms with Gasteiger partial charge in [-0.1, -0.05) is 26.0 Å². The van der Waals surface area contributed by atoms with Gasteiger partial charge in [0.1, 0.15) is 5.82 Å². The van der Waals surface area contributed by atoms with Gasteiger partial charge >= 0.3 is 0 Å². The number of hydrogen-bond donors (Lipinski definition) is 1. The van der Waals surface area contributed by atoms with E-state index in [9.17, 15) is 4.39 Å². The molecule has 1 aromatic rings. The van der Waals surface area contributed by atoms with Gasteiger partial charge in [-0.2, -0.15) is 0 Å². The van der Waals surface area contributed by atoms with Crippen LogP contribution < -0.4 is 5.73 Å². The summed E-state index contributed by atoms with van der Waals surface area (Å²) < 4.78 is 13.5. The van der Waals surface area contributed by atoms with Gasteiger partial charge in [0.05, 0.1) is 0 Å². The molecule has 0 saturated heterocycles. The molecule has 2 rings (SSSR count). The van der Waals surface area contributed by atoms with E-state index in [0.717, 1.165) is 31.0 Å². The molecule has 3 heteroatoms. The zero-order chi connectivity index (χ0) is 13.8. The maximum Gasteiger partial charge on any atom is 0.123 e. The first-order valence-electron chi connectivity index (χ1n) is 7.40. The minimum Gasteiger partial charge on any atom is -0.326 e. The normalized spacial score (nSPS) is 18.6. The van der Waals surface area contributed by atoms with Gasteiger partial charge < -0.3 is 5.73 Å². The molecule has 0 aromatic heterocycles. The number of likely N-dealkylation sites (N-methyl/N-ethyl adjacent to an activating group) is 1. The Kier molecular flexibility index (Phi) is 4.94. The number of nitrogens with two attached hydrogens (primary N) is 1. The molecule has 0 spiro atoms. The lowest BCUT2D eigenvalue weighted by atomic mass is 9.96. The van der Waals surface area contributed by atoms with E-state index in [0.29, 0.717) is 0 Å². The van der Waals surface area contributed by atoms with Gasteiger partial charge in [-0.05, 0) is 49.4 Å². The highest BCUT2D eigenvalue weighted by molar-refractivity contribution is 5.22. The average molecular weight is 264 g/mol. The summed E-state index contributed by atoms with van der Waals surface area (Å²) in [5, 5.41) is 0. The monoisotopic (exact) mass is 264 g/mol. The fraction of sp³-hybridized carbons (Fsp3) is 0.625. The molecular weight excluding hydrogens is 239 g/mol. The van der Waals surface area contributed by atoms with Gasteiger partial charge in [-0.25, -0.2) is 4.39 Å². The lowest BCUT2D eigenvalue weighted by Gasteiger charge is -2.35. The van der Waals surface area contributed by atoms with Crippen molar-refractivity contribution in [3.63, 3.8) is 0 Å². The fourth-order valence-corrected chi connectivity index (χ4v) is 2.71. The van der Waals surface area contributed by atoms with Crippen LogP contribution in [0.5, 0.6) is 0 Å². The summed E-state index contributed by atoms with van der Waals surface area (Å²) in [6.07, 6.45) is 3.56. The molecule has 0 radical (unpaired) electrons. The molecule has 0 amide bonds. The predicted octanol–water partition coefficient (Wildman–Crippen LogP) is 3.34. The van der Waals surface area contributed by atoms with Gasteiger partial charge in [-0.3, -0.25) is 4.90 Å². The zero-order valence-electron chi connectivity index (χ0n) is 12.0. The number of nitrogens with zero attached hydrogens (tertiary/aromatic N) is 1. The highest BCUT2D eigenvalue weighted by Crippen LogP contribution is 2.34. The van der Waals surface area contributed by atoms with Gasteiger partial charge in [0.25, 0.3) is 0 Å². The summed E-state index contributed by atoms with van der Waals surface area (Å²) in [6.45, 7) is 6.32. The van der Waals surface area contributed by atoms with Crippen LogP contribution in [0.1, 0.15) is 44.7 Å². The first-order valence-corrected chi connectivity index (χ1v) is 7.40. The Morgan fingerprint density at radius 3 is 2.63 bits per heavy atom. The Labute approximate surface area is 115 Å². The summed E-state index contributed by atoms with van der Waals surface area (Å²) >= 11 is 0. The van der Waals surface area contributed by atoms with Crippen molar-refractivity contribution >= 4 is 0 Å². The largest absolute Gasteiger partial charge is 0.326 e. The van der Waals surface area contributed by atoms with Crippen LogP contribution in [0.2, 0.25) is 0 Å². The third-order valence-corrected chi connectivity index (χ3v) is 4.06. The highest BCUT2D eigenvalue weighted by Gasteiger charge is 2.30. The van der Waals surface area contributed by atoms with Crippen molar-refractivity contribution in [2.45, 2.75) is 45.2 Å². The molecule has 2 nitrogen and oxygen atoms in total. The molecule has 2 atom stereocenters. The molecule has 2 N–H and O–H groups in total. The lowest BCUT2D eigenvalue weighted by molar-refractivity contribution is 0.170. The van der Waals surface area contributed by atoms with E-state index in [1.807, 2.05) is 6.07 Å². The Bertz CT molecular complexity index is 403. The number of hydrogen-bond acceptors (Lipinski definition) is 2. The number of rotatable bonds is 7. The van der Waals surface area contributed by atoms with Crippen molar-refractivity contribution in [1.82, 2.24) is 4.90 Å². The van der Waals surface area contributed by atoms with E-state index in [1.54, 1.807) is 12.1 Å². The topological polar surface area (TPSA) is 29.3 Å². The van der Waals surface area contributed by atoms with Crippen molar-refractivity contribution in [2.24, 2.45) is 11.7 Å². The quantitative estimate of drug-likeness (QED) is 0.818. The third kappa shape index (κ3) is 3.77. The third-order valence-electron chi connectivity index (χ3n) is 4.06. The summed E-state index contributed by atoms with van der Waals surface area (Å²) in [5.41, 5.74) is 7.32. The molecule has 19 heavy (non-hydrogen) atoms. The van der Waals surface area contributed by atoms with Crippen LogP contribution in [-0.2, 0) is 0 Å². The van der Waals surface area contributed by atoms with Crippen molar-refractivity contribution in [3.8, 4) is 0 Å². The van der Waals surface area contributed by atoms with Gasteiger partial charge in [-0.15, -0.1) is 0 Å². The molecule has 1 saturated carbocycles. The van der Waals surface area contributed by atoms with Crippen molar-refractivity contribution in [2.75, 3.05) is 13.1 Å². The van der Waals surface area contributed by atoms with E-state index in [2.05, 4.69) is 18.7 Å². The van der Waals surface area contributed by atoms with Crippen LogP contribution in [0.4, 0.5) is 4.39 Å². The van der Waals surface area contributed by atoms with E-state index < -0.39 is 0 Å². The first-order chi connectivity index (χ1) is 9.15. The Morgan fingerprint density at radius 1 is 1.37 bits per heavy atom. The first kappa shape index (κ1) is 14.5. The van der Waals surface area contributed by atoms with Crippen LogP contribution >= 0.6 is 0 Å². The molecule has 106 valence electrons. The molecule has 1 aliphatic carbocycles. The molecule has 1 fully saturated rings. The molecule has 0 aliphatic heterocycles. The van der Waals surface area contributed by atoms with Crippen LogP contribution in [0.15, 0.2) is 24.3 Å². The van der Waals surface area contributed by atoms with Gasteiger partial charge in [0.15, 0.2) is 0 Å². The maximum atomic E-state index is 13.5. The highest BCUT2D eigenvalue weighted by atomic mass is 19.1. The minimum atomic E-state index is -0.173. The van der Waals surface area contributed by atoms with Gasteiger partial charge in [0.2, 0.25) is 0 Å². The second-order valence-corrected chi connectivity index (χ2v) is 5.60. The van der Waals surface area contributed by atoms with Crippen molar-refractivity contribution < 1.29 is 4.39 Å².